The molecule has 1 unspecified atom stereocenters. The van der Waals surface area contributed by atoms with E-state index in [1.165, 1.54) is 4.90 Å². The largest absolute Gasteiger partial charge is 0.493 e. The number of alkyl halides is 3. The third-order valence-electron chi connectivity index (χ3n) is 8.16. The fourth-order valence-electron chi connectivity index (χ4n) is 5.89. The van der Waals surface area contributed by atoms with E-state index in [1.54, 1.807) is 12.1 Å². The lowest BCUT2D eigenvalue weighted by atomic mass is 9.76. The van der Waals surface area contributed by atoms with Gasteiger partial charge >= 0.3 is 12.1 Å². The van der Waals surface area contributed by atoms with Crippen molar-refractivity contribution in [3.05, 3.63) is 77.9 Å². The predicted octanol–water partition coefficient (Wildman–Crippen LogP) is 6.43. The SMILES string of the molecule is CC(C)COc1ccccc1CN1CCC2(CC1)CCN(C(=O)c1ccc3ccccc3c1)C2OC(=O)C(F)(F)F. The van der Waals surface area contributed by atoms with Gasteiger partial charge in [-0.2, -0.15) is 13.2 Å². The molecule has 1 atom stereocenters. The summed E-state index contributed by atoms with van der Waals surface area (Å²) in [6.07, 6.45) is -4.98. The van der Waals surface area contributed by atoms with E-state index in [-0.39, 0.29) is 6.54 Å². The van der Waals surface area contributed by atoms with Gasteiger partial charge in [0.05, 0.1) is 6.61 Å². The minimum atomic E-state index is -5.15. The number of para-hydroxylation sites is 1. The lowest BCUT2D eigenvalue weighted by molar-refractivity contribution is -0.217. The van der Waals surface area contributed by atoms with E-state index in [0.717, 1.165) is 22.1 Å². The van der Waals surface area contributed by atoms with Crippen LogP contribution in [0.3, 0.4) is 0 Å². The molecule has 0 radical (unpaired) electrons. The normalized spacial score (nSPS) is 19.2. The van der Waals surface area contributed by atoms with Crippen molar-refractivity contribution in [2.45, 2.75) is 52.1 Å². The molecule has 1 spiro atoms. The molecule has 3 aromatic rings. The summed E-state index contributed by atoms with van der Waals surface area (Å²) in [7, 11) is 0. The van der Waals surface area contributed by atoms with Gasteiger partial charge in [-0.1, -0.05) is 62.4 Å². The summed E-state index contributed by atoms with van der Waals surface area (Å²) < 4.78 is 51.2. The van der Waals surface area contributed by atoms with Gasteiger partial charge in [-0.3, -0.25) is 9.69 Å². The number of benzene rings is 3. The summed E-state index contributed by atoms with van der Waals surface area (Å²) in [6.45, 7) is 6.82. The monoisotopic (exact) mass is 568 g/mol. The number of fused-ring (bicyclic) bond motifs is 1. The van der Waals surface area contributed by atoms with Crippen molar-refractivity contribution >= 4 is 22.6 Å². The Morgan fingerprint density at radius 2 is 1.59 bits per heavy atom. The third-order valence-corrected chi connectivity index (χ3v) is 8.16. The Hall–Kier alpha value is -3.59. The molecule has 0 aliphatic carbocycles. The molecule has 2 aliphatic heterocycles. The summed E-state index contributed by atoms with van der Waals surface area (Å²) in [5, 5.41) is 1.80. The number of amides is 1. The Morgan fingerprint density at radius 1 is 0.927 bits per heavy atom. The maximum Gasteiger partial charge on any atom is 0.491 e. The van der Waals surface area contributed by atoms with E-state index in [4.69, 9.17) is 9.47 Å². The Bertz CT molecular complexity index is 1400. The highest BCUT2D eigenvalue weighted by Crippen LogP contribution is 2.47. The van der Waals surface area contributed by atoms with Crippen LogP contribution in [-0.2, 0) is 16.1 Å². The number of halogens is 3. The van der Waals surface area contributed by atoms with Gasteiger partial charge in [0.1, 0.15) is 5.75 Å². The van der Waals surface area contributed by atoms with Crippen molar-refractivity contribution < 1.29 is 32.2 Å². The van der Waals surface area contributed by atoms with Crippen molar-refractivity contribution in [1.82, 2.24) is 9.80 Å². The average molecular weight is 569 g/mol. The quantitative estimate of drug-likeness (QED) is 0.307. The maximum atomic E-state index is 13.6. The molecule has 6 nitrogen and oxygen atoms in total. The van der Waals surface area contributed by atoms with Crippen molar-refractivity contribution in [3.8, 4) is 5.75 Å². The van der Waals surface area contributed by atoms with E-state index in [1.807, 2.05) is 54.6 Å². The highest BCUT2D eigenvalue weighted by molar-refractivity contribution is 5.99. The molecule has 2 fully saturated rings. The summed E-state index contributed by atoms with van der Waals surface area (Å²) in [4.78, 5) is 29.3. The smallest absolute Gasteiger partial charge is 0.491 e. The molecule has 9 heteroatoms. The molecule has 41 heavy (non-hydrogen) atoms. The van der Waals surface area contributed by atoms with E-state index >= 15 is 0 Å². The number of carbonyl (C=O) groups is 2. The fraction of sp³-hybridized carbons (Fsp3) is 0.438. The molecule has 1 amide bonds. The van der Waals surface area contributed by atoms with Crippen LogP contribution in [0.1, 0.15) is 49.0 Å². The molecule has 0 aromatic heterocycles. The van der Waals surface area contributed by atoms with Crippen molar-refractivity contribution in [1.29, 1.82) is 0 Å². The Morgan fingerprint density at radius 3 is 2.29 bits per heavy atom. The topological polar surface area (TPSA) is 59.1 Å². The van der Waals surface area contributed by atoms with Crippen LogP contribution in [0, 0.1) is 11.3 Å². The van der Waals surface area contributed by atoms with Crippen LogP contribution in [0.4, 0.5) is 13.2 Å². The molecule has 0 saturated carbocycles. The molecular weight excluding hydrogens is 533 g/mol. The summed E-state index contributed by atoms with van der Waals surface area (Å²) in [5.74, 6) is -1.49. The van der Waals surface area contributed by atoms with Crippen LogP contribution < -0.4 is 4.74 Å². The number of hydrogen-bond donors (Lipinski definition) is 0. The van der Waals surface area contributed by atoms with Crippen molar-refractivity contribution in [2.24, 2.45) is 11.3 Å². The van der Waals surface area contributed by atoms with Gasteiger partial charge in [-0.25, -0.2) is 4.79 Å². The van der Waals surface area contributed by atoms with Gasteiger partial charge in [0.2, 0.25) is 0 Å². The number of esters is 1. The van der Waals surface area contributed by atoms with Gasteiger partial charge < -0.3 is 14.4 Å². The molecule has 2 heterocycles. The first-order valence-electron chi connectivity index (χ1n) is 14.1. The minimum Gasteiger partial charge on any atom is -0.493 e. The summed E-state index contributed by atoms with van der Waals surface area (Å²) in [5.41, 5.74) is 0.644. The molecule has 5 rings (SSSR count). The number of ether oxygens (including phenoxy) is 2. The summed E-state index contributed by atoms with van der Waals surface area (Å²) >= 11 is 0. The number of nitrogens with zero attached hydrogens (tertiary/aromatic N) is 2. The van der Waals surface area contributed by atoms with Gasteiger partial charge in [-0.05, 0) is 67.2 Å². The van der Waals surface area contributed by atoms with Crippen LogP contribution in [0.5, 0.6) is 5.75 Å². The summed E-state index contributed by atoms with van der Waals surface area (Å²) in [6, 6.07) is 20.6. The molecule has 2 aliphatic rings. The van der Waals surface area contributed by atoms with Crippen LogP contribution in [-0.4, -0.2) is 60.3 Å². The van der Waals surface area contributed by atoms with E-state index in [9.17, 15) is 22.8 Å². The van der Waals surface area contributed by atoms with Crippen LogP contribution in [0.25, 0.3) is 10.8 Å². The lowest BCUT2D eigenvalue weighted by Crippen LogP contribution is -2.51. The first-order valence-corrected chi connectivity index (χ1v) is 14.1. The maximum absolute atomic E-state index is 13.6. The van der Waals surface area contributed by atoms with E-state index < -0.39 is 29.7 Å². The second-order valence-corrected chi connectivity index (χ2v) is 11.5. The number of rotatable bonds is 7. The van der Waals surface area contributed by atoms with Crippen LogP contribution >= 0.6 is 0 Å². The molecule has 0 bridgehead atoms. The highest BCUT2D eigenvalue weighted by Gasteiger charge is 2.55. The molecular formula is C32H35F3N2O4. The standard InChI is InChI=1S/C32H35F3N2O4/c1-22(2)21-40-27-10-6-5-9-26(27)20-36-16-13-31(14-17-36)15-18-37(29(31)41-30(39)32(33,34)35)28(38)25-12-11-23-7-3-4-8-24(23)19-25/h3-12,19,22,29H,13-18,20-21H2,1-2H3. The van der Waals surface area contributed by atoms with Crippen molar-refractivity contribution in [3.63, 3.8) is 0 Å². The number of likely N-dealkylation sites (tertiary alicyclic amines) is 2. The average Bonchev–Trinajstić information content (AvgIpc) is 3.29. The van der Waals surface area contributed by atoms with Crippen LogP contribution in [0.15, 0.2) is 66.7 Å². The van der Waals surface area contributed by atoms with Gasteiger partial charge in [0.15, 0.2) is 6.23 Å². The molecule has 2 saturated heterocycles. The molecule has 0 N–H and O–H groups in total. The number of piperidine rings is 1. The zero-order valence-electron chi connectivity index (χ0n) is 23.3. The minimum absolute atomic E-state index is 0.216. The van der Waals surface area contributed by atoms with Crippen molar-refractivity contribution in [2.75, 3.05) is 26.2 Å². The first kappa shape index (κ1) is 28.9. The van der Waals surface area contributed by atoms with Gasteiger partial charge in [-0.15, -0.1) is 0 Å². The number of carbonyl (C=O) groups excluding carboxylic acids is 2. The van der Waals surface area contributed by atoms with Crippen LogP contribution in [0.2, 0.25) is 0 Å². The Labute approximate surface area is 238 Å². The van der Waals surface area contributed by atoms with E-state index in [0.29, 0.717) is 57.0 Å². The van der Waals surface area contributed by atoms with E-state index in [2.05, 4.69) is 18.7 Å². The third kappa shape index (κ3) is 6.35. The fourth-order valence-corrected chi connectivity index (χ4v) is 5.89. The first-order chi connectivity index (χ1) is 19.6. The van der Waals surface area contributed by atoms with Gasteiger partial charge in [0.25, 0.3) is 5.91 Å². The second kappa shape index (κ2) is 11.7. The lowest BCUT2D eigenvalue weighted by Gasteiger charge is -2.43. The Balaban J connectivity index is 1.34. The predicted molar refractivity (Wildman–Crippen MR) is 149 cm³/mol. The number of hydrogen-bond acceptors (Lipinski definition) is 5. The highest BCUT2D eigenvalue weighted by atomic mass is 19.4. The zero-order chi connectivity index (χ0) is 29.2. The van der Waals surface area contributed by atoms with Gasteiger partial charge in [0, 0.05) is 29.6 Å². The molecule has 218 valence electrons. The molecule has 3 aromatic carbocycles. The second-order valence-electron chi connectivity index (χ2n) is 11.5. The zero-order valence-corrected chi connectivity index (χ0v) is 23.3. The Kier molecular flexibility index (Phi) is 8.27.